The lowest BCUT2D eigenvalue weighted by atomic mass is 10.1. The fourth-order valence-corrected chi connectivity index (χ4v) is 3.29. The van der Waals surface area contributed by atoms with Crippen LogP contribution in [-0.2, 0) is 6.42 Å². The number of carbonyl (C=O) groups is 1. The van der Waals surface area contributed by atoms with Gasteiger partial charge in [-0.1, -0.05) is 29.8 Å². The van der Waals surface area contributed by atoms with Gasteiger partial charge in [0, 0.05) is 10.6 Å². The molecule has 26 heavy (non-hydrogen) atoms. The second-order valence-electron chi connectivity index (χ2n) is 5.49. The van der Waals surface area contributed by atoms with Crippen molar-refractivity contribution >= 4 is 28.7 Å². The van der Waals surface area contributed by atoms with Crippen LogP contribution in [0.1, 0.15) is 15.4 Å². The lowest BCUT2D eigenvalue weighted by Gasteiger charge is -2.08. The summed E-state index contributed by atoms with van der Waals surface area (Å²) in [4.78, 5) is 17.8. The number of aromatic nitrogens is 3. The van der Waals surface area contributed by atoms with Gasteiger partial charge in [-0.2, -0.15) is 0 Å². The highest BCUT2D eigenvalue weighted by Gasteiger charge is 2.18. The third-order valence-corrected chi connectivity index (χ3v) is 4.91. The van der Waals surface area contributed by atoms with Crippen LogP contribution < -0.4 is 0 Å². The number of hydrogen-bond donors (Lipinski definition) is 0. The van der Waals surface area contributed by atoms with E-state index in [4.69, 9.17) is 16.0 Å². The molecule has 0 fully saturated rings. The van der Waals surface area contributed by atoms with Crippen molar-refractivity contribution < 1.29 is 9.21 Å². The second-order valence-corrected chi connectivity index (χ2v) is 6.88. The predicted octanol–water partition coefficient (Wildman–Crippen LogP) is 4.94. The van der Waals surface area contributed by atoms with E-state index in [0.29, 0.717) is 32.9 Å². The van der Waals surface area contributed by atoms with Crippen LogP contribution in [0.15, 0.2) is 64.6 Å². The highest BCUT2D eigenvalue weighted by atomic mass is 35.5. The number of furan rings is 1. The number of Topliss-reactive ketones (excluding diaryl/α,β-unsaturated/α-hetero) is 1. The zero-order chi connectivity index (χ0) is 17.9. The molecule has 1 aromatic carbocycles. The smallest absolute Gasteiger partial charge is 0.217 e. The molecule has 0 aliphatic carbocycles. The van der Waals surface area contributed by atoms with Gasteiger partial charge in [-0.05, 0) is 35.7 Å². The van der Waals surface area contributed by atoms with Crippen molar-refractivity contribution in [3.8, 4) is 22.8 Å². The molecule has 0 aliphatic heterocycles. The van der Waals surface area contributed by atoms with Crippen molar-refractivity contribution in [3.05, 3.63) is 75.8 Å². The molecule has 0 spiro atoms. The Bertz CT molecular complexity index is 1030. The topological polar surface area (TPSA) is 68.9 Å². The zero-order valence-electron chi connectivity index (χ0n) is 13.4. The van der Waals surface area contributed by atoms with E-state index in [9.17, 15) is 4.79 Å². The number of benzene rings is 1. The molecule has 3 heterocycles. The van der Waals surface area contributed by atoms with Crippen LogP contribution in [0.4, 0.5) is 0 Å². The first-order valence-electron chi connectivity index (χ1n) is 7.81. The molecule has 0 saturated carbocycles. The van der Waals surface area contributed by atoms with E-state index in [1.165, 1.54) is 11.3 Å². The number of nitrogens with zero attached hydrogens (tertiary/aromatic N) is 3. The van der Waals surface area contributed by atoms with Crippen LogP contribution >= 0.6 is 22.9 Å². The van der Waals surface area contributed by atoms with Crippen LogP contribution in [0.2, 0.25) is 5.02 Å². The summed E-state index contributed by atoms with van der Waals surface area (Å²) in [6, 6.07) is 14.4. The molecule has 5 nitrogen and oxygen atoms in total. The number of hydrogen-bond acceptors (Lipinski definition) is 6. The molecule has 4 rings (SSSR count). The fourth-order valence-electron chi connectivity index (χ4n) is 2.50. The molecule has 0 radical (unpaired) electrons. The minimum absolute atomic E-state index is 0.0129. The fraction of sp³-hybridized carbons (Fsp3) is 0.0526. The standard InChI is InChI=1S/C19H12ClN3O2S/c20-13-7-5-12(6-8-13)18-14(11-15(24)17-4-2-10-26-17)21-19(23-22-18)16-3-1-9-25-16/h1-10H,11H2. The first-order chi connectivity index (χ1) is 12.7. The van der Waals surface area contributed by atoms with Gasteiger partial charge in [-0.25, -0.2) is 4.98 Å². The summed E-state index contributed by atoms with van der Waals surface area (Å²) in [5.41, 5.74) is 1.91. The van der Waals surface area contributed by atoms with Crippen molar-refractivity contribution in [2.75, 3.05) is 0 Å². The predicted molar refractivity (Wildman–Crippen MR) is 100 cm³/mol. The molecular weight excluding hydrogens is 370 g/mol. The largest absolute Gasteiger partial charge is 0.461 e. The Labute approximate surface area is 158 Å². The highest BCUT2D eigenvalue weighted by molar-refractivity contribution is 7.12. The molecule has 128 valence electrons. The van der Waals surface area contributed by atoms with Crippen LogP contribution in [0.5, 0.6) is 0 Å². The molecule has 0 amide bonds. The van der Waals surface area contributed by atoms with Crippen LogP contribution in [0, 0.1) is 0 Å². The summed E-state index contributed by atoms with van der Waals surface area (Å²) in [6.07, 6.45) is 1.67. The minimum atomic E-state index is -0.0129. The van der Waals surface area contributed by atoms with Crippen molar-refractivity contribution in [2.45, 2.75) is 6.42 Å². The zero-order valence-corrected chi connectivity index (χ0v) is 15.0. The Morgan fingerprint density at radius 2 is 1.92 bits per heavy atom. The van der Waals surface area contributed by atoms with Gasteiger partial charge in [0.15, 0.2) is 11.5 Å². The molecule has 7 heteroatoms. The Kier molecular flexibility index (Phi) is 4.60. The Balaban J connectivity index is 1.77. The Hall–Kier alpha value is -2.83. The summed E-state index contributed by atoms with van der Waals surface area (Å²) in [6.45, 7) is 0. The van der Waals surface area contributed by atoms with E-state index in [0.717, 1.165) is 5.56 Å². The third kappa shape index (κ3) is 3.42. The molecule has 3 aromatic heterocycles. The summed E-state index contributed by atoms with van der Waals surface area (Å²) in [5.74, 6) is 0.841. The molecular formula is C19H12ClN3O2S. The van der Waals surface area contributed by atoms with E-state index < -0.39 is 0 Å². The van der Waals surface area contributed by atoms with Gasteiger partial charge < -0.3 is 4.42 Å². The van der Waals surface area contributed by atoms with E-state index >= 15 is 0 Å². The molecule has 0 unspecified atom stereocenters. The first kappa shape index (κ1) is 16.6. The SMILES string of the molecule is O=C(Cc1nc(-c2ccco2)nnc1-c1ccc(Cl)cc1)c1cccs1. The Morgan fingerprint density at radius 3 is 2.62 bits per heavy atom. The lowest BCUT2D eigenvalue weighted by Crippen LogP contribution is -2.09. The average molecular weight is 382 g/mol. The maximum Gasteiger partial charge on any atom is 0.217 e. The third-order valence-electron chi connectivity index (χ3n) is 3.74. The van der Waals surface area contributed by atoms with Gasteiger partial charge in [-0.3, -0.25) is 4.79 Å². The van der Waals surface area contributed by atoms with Gasteiger partial charge in [0.05, 0.1) is 23.3 Å². The van der Waals surface area contributed by atoms with Gasteiger partial charge in [0.25, 0.3) is 0 Å². The quantitative estimate of drug-likeness (QED) is 0.458. The van der Waals surface area contributed by atoms with E-state index in [1.54, 1.807) is 36.6 Å². The number of halogens is 1. The molecule has 0 bridgehead atoms. The molecule has 0 N–H and O–H groups in total. The number of carbonyl (C=O) groups excluding carboxylic acids is 1. The monoisotopic (exact) mass is 381 g/mol. The van der Waals surface area contributed by atoms with Gasteiger partial charge >= 0.3 is 0 Å². The van der Waals surface area contributed by atoms with E-state index in [1.807, 2.05) is 23.6 Å². The van der Waals surface area contributed by atoms with E-state index in [2.05, 4.69) is 15.2 Å². The summed E-state index contributed by atoms with van der Waals surface area (Å²) in [7, 11) is 0. The van der Waals surface area contributed by atoms with Crippen molar-refractivity contribution in [1.29, 1.82) is 0 Å². The summed E-state index contributed by atoms with van der Waals surface area (Å²) >= 11 is 7.37. The van der Waals surface area contributed by atoms with Gasteiger partial charge in [0.1, 0.15) is 5.69 Å². The maximum absolute atomic E-state index is 12.6. The molecule has 0 atom stereocenters. The van der Waals surface area contributed by atoms with Crippen LogP contribution in [0.3, 0.4) is 0 Å². The van der Waals surface area contributed by atoms with Crippen molar-refractivity contribution in [3.63, 3.8) is 0 Å². The second kappa shape index (κ2) is 7.19. The van der Waals surface area contributed by atoms with Crippen LogP contribution in [-0.4, -0.2) is 21.0 Å². The lowest BCUT2D eigenvalue weighted by molar-refractivity contribution is 0.0996. The van der Waals surface area contributed by atoms with Crippen molar-refractivity contribution in [1.82, 2.24) is 15.2 Å². The highest BCUT2D eigenvalue weighted by Crippen LogP contribution is 2.25. The maximum atomic E-state index is 12.6. The summed E-state index contributed by atoms with van der Waals surface area (Å²) in [5, 5.41) is 11.0. The minimum Gasteiger partial charge on any atom is -0.461 e. The first-order valence-corrected chi connectivity index (χ1v) is 9.06. The van der Waals surface area contributed by atoms with Gasteiger partial charge in [0.2, 0.25) is 5.82 Å². The number of thiophene rings is 1. The van der Waals surface area contributed by atoms with Crippen molar-refractivity contribution in [2.24, 2.45) is 0 Å². The average Bonchev–Trinajstić information content (AvgIpc) is 3.36. The van der Waals surface area contributed by atoms with E-state index in [-0.39, 0.29) is 12.2 Å². The molecule has 0 aliphatic rings. The van der Waals surface area contributed by atoms with Crippen LogP contribution in [0.25, 0.3) is 22.8 Å². The molecule has 4 aromatic rings. The number of rotatable bonds is 5. The Morgan fingerprint density at radius 1 is 1.08 bits per heavy atom. The normalized spacial score (nSPS) is 10.8. The van der Waals surface area contributed by atoms with Gasteiger partial charge in [-0.15, -0.1) is 21.5 Å². The summed E-state index contributed by atoms with van der Waals surface area (Å²) < 4.78 is 5.35. The molecule has 0 saturated heterocycles. The number of ketones is 1.